The van der Waals surface area contributed by atoms with Crippen molar-refractivity contribution in [2.45, 2.75) is 45.8 Å². The Morgan fingerprint density at radius 1 is 0.958 bits per heavy atom. The van der Waals surface area contributed by atoms with Crippen molar-refractivity contribution in [3.63, 3.8) is 0 Å². The second-order valence-electron chi connectivity index (χ2n) is 13.7. The molecule has 2 aliphatic heterocycles. The van der Waals surface area contributed by atoms with E-state index in [1.54, 1.807) is 0 Å². The first-order valence-electron chi connectivity index (χ1n) is 16.7. The lowest BCUT2D eigenvalue weighted by Crippen LogP contribution is -2.36. The number of aliphatic hydroxyl groups is 1. The minimum atomic E-state index is -0.392. The number of nitrogens with zero attached hydrogens (tertiary/aromatic N) is 4. The number of aromatic nitrogens is 2. The number of nitrogens with one attached hydrogen (secondary N) is 2. The Labute approximate surface area is 280 Å². The Hall–Kier alpha value is -4.99. The van der Waals surface area contributed by atoms with Crippen LogP contribution in [0.25, 0.3) is 11.0 Å². The summed E-state index contributed by atoms with van der Waals surface area (Å²) < 4.78 is 1.94. The van der Waals surface area contributed by atoms with Crippen molar-refractivity contribution in [3.8, 4) is 0 Å². The normalized spacial score (nSPS) is 15.7. The largest absolute Gasteiger partial charge is 0.396 e. The first kappa shape index (κ1) is 31.6. The second kappa shape index (κ2) is 13.3. The molecule has 5 aromatic rings. The maximum Gasteiger partial charge on any atom is 0.326 e. The van der Waals surface area contributed by atoms with Gasteiger partial charge in [-0.05, 0) is 66.4 Å². The van der Waals surface area contributed by atoms with Gasteiger partial charge in [0.2, 0.25) is 0 Å². The third-order valence-corrected chi connectivity index (χ3v) is 9.54. The van der Waals surface area contributed by atoms with Gasteiger partial charge >= 0.3 is 5.69 Å². The monoisotopic (exact) mass is 642 g/mol. The minimum absolute atomic E-state index is 0.00500. The Bertz CT molecular complexity index is 2000. The lowest BCUT2D eigenvalue weighted by molar-refractivity contribution is 0.0911. The van der Waals surface area contributed by atoms with Crippen molar-refractivity contribution >= 4 is 34.2 Å². The third kappa shape index (κ3) is 6.56. The van der Waals surface area contributed by atoms with E-state index in [1.165, 1.54) is 5.56 Å². The first-order chi connectivity index (χ1) is 23.3. The molecule has 1 aromatic heterocycles. The van der Waals surface area contributed by atoms with Gasteiger partial charge in [0.25, 0.3) is 5.91 Å². The van der Waals surface area contributed by atoms with E-state index in [4.69, 9.17) is 4.99 Å². The highest BCUT2D eigenvalue weighted by molar-refractivity contribution is 6.12. The van der Waals surface area contributed by atoms with Crippen LogP contribution in [0.3, 0.4) is 0 Å². The van der Waals surface area contributed by atoms with Gasteiger partial charge in [-0.1, -0.05) is 68.4 Å². The molecule has 1 saturated heterocycles. The fraction of sp³-hybridized carbons (Fsp3) is 0.308. The Kier molecular flexibility index (Phi) is 8.73. The molecule has 0 unspecified atom stereocenters. The number of H-pyrrole nitrogens is 1. The van der Waals surface area contributed by atoms with E-state index in [-0.39, 0.29) is 24.2 Å². The van der Waals surface area contributed by atoms with Crippen LogP contribution in [0, 0.1) is 5.41 Å². The summed E-state index contributed by atoms with van der Waals surface area (Å²) in [6, 6.07) is 32.7. The molecule has 0 radical (unpaired) electrons. The summed E-state index contributed by atoms with van der Waals surface area (Å²) in [5.41, 5.74) is 7.17. The SMILES string of the molecule is CC(C)(CO)CNC(=O)c1ccc2c(c1)CN(c1ccc(CN3CCC(n4c(=O)[nH]c5ccccc54)CC3)cc1)C(c1ccccc1)=N2. The molecule has 3 N–H and O–H groups in total. The molecule has 1 fully saturated rings. The number of para-hydroxylation sites is 2. The number of carbonyl (C=O) groups is 1. The topological polar surface area (TPSA) is 106 Å². The molecule has 0 atom stereocenters. The number of imidazole rings is 1. The van der Waals surface area contributed by atoms with Gasteiger partial charge in [-0.25, -0.2) is 9.79 Å². The predicted molar refractivity (Wildman–Crippen MR) is 191 cm³/mol. The Morgan fingerprint density at radius 3 is 2.44 bits per heavy atom. The summed E-state index contributed by atoms with van der Waals surface area (Å²) >= 11 is 0. The number of amidine groups is 1. The van der Waals surface area contributed by atoms with Crippen LogP contribution in [0.1, 0.15) is 59.8 Å². The van der Waals surface area contributed by atoms with Crippen LogP contribution in [0.4, 0.5) is 11.4 Å². The molecule has 7 rings (SSSR count). The quantitative estimate of drug-likeness (QED) is 0.183. The van der Waals surface area contributed by atoms with Gasteiger partial charge in [0.05, 0.1) is 23.3 Å². The van der Waals surface area contributed by atoms with Crippen LogP contribution in [0.5, 0.6) is 0 Å². The Morgan fingerprint density at radius 2 is 1.69 bits per heavy atom. The zero-order valence-corrected chi connectivity index (χ0v) is 27.5. The number of rotatable bonds is 9. The van der Waals surface area contributed by atoms with Gasteiger partial charge in [0.1, 0.15) is 5.84 Å². The van der Waals surface area contributed by atoms with E-state index in [0.29, 0.717) is 18.7 Å². The number of piperidine rings is 1. The molecular weight excluding hydrogens is 600 g/mol. The van der Waals surface area contributed by atoms with Gasteiger partial charge in [0.15, 0.2) is 0 Å². The molecule has 246 valence electrons. The molecule has 0 bridgehead atoms. The molecular formula is C39H42N6O3. The van der Waals surface area contributed by atoms with E-state index < -0.39 is 5.41 Å². The van der Waals surface area contributed by atoms with Gasteiger partial charge < -0.3 is 20.3 Å². The summed E-state index contributed by atoms with van der Waals surface area (Å²) in [4.78, 5) is 38.5. The number of hydrogen-bond acceptors (Lipinski definition) is 6. The number of likely N-dealkylation sites (tertiary alicyclic amines) is 1. The fourth-order valence-corrected chi connectivity index (χ4v) is 6.69. The van der Waals surface area contributed by atoms with Crippen LogP contribution in [-0.4, -0.2) is 57.5 Å². The molecule has 0 spiro atoms. The van der Waals surface area contributed by atoms with E-state index in [0.717, 1.165) is 71.8 Å². The van der Waals surface area contributed by atoms with Gasteiger partial charge in [-0.2, -0.15) is 0 Å². The lowest BCUT2D eigenvalue weighted by Gasteiger charge is -2.33. The standard InChI is InChI=1S/C39H42N6O3/c1-39(2,26-46)25-40-37(47)29-14-17-33-30(22-29)24-44(36(41-33)28-8-4-3-5-9-28)31-15-12-27(13-16-31)23-43-20-18-32(19-21-43)45-35-11-7-6-10-34(35)42-38(45)48/h3-17,22,32,46H,18-21,23-26H2,1-2H3,(H,40,47)(H,42,48). The maximum absolute atomic E-state index is 13.0. The van der Waals surface area contributed by atoms with Crippen LogP contribution < -0.4 is 15.9 Å². The molecule has 3 heterocycles. The highest BCUT2D eigenvalue weighted by Crippen LogP contribution is 2.33. The summed E-state index contributed by atoms with van der Waals surface area (Å²) in [7, 11) is 0. The van der Waals surface area contributed by atoms with Crippen molar-refractivity contribution in [1.29, 1.82) is 0 Å². The smallest absolute Gasteiger partial charge is 0.326 e. The maximum atomic E-state index is 13.0. The zero-order chi connectivity index (χ0) is 33.3. The first-order valence-corrected chi connectivity index (χ1v) is 16.7. The predicted octanol–water partition coefficient (Wildman–Crippen LogP) is 6.01. The van der Waals surface area contributed by atoms with Crippen LogP contribution in [0.15, 0.2) is 107 Å². The van der Waals surface area contributed by atoms with Gasteiger partial charge in [0, 0.05) is 61.1 Å². The van der Waals surface area contributed by atoms with E-state index >= 15 is 0 Å². The molecule has 0 aliphatic carbocycles. The summed E-state index contributed by atoms with van der Waals surface area (Å²) in [5, 5.41) is 12.5. The molecule has 0 saturated carbocycles. The van der Waals surface area contributed by atoms with Crippen molar-refractivity contribution in [1.82, 2.24) is 19.8 Å². The highest BCUT2D eigenvalue weighted by atomic mass is 16.3. The average molecular weight is 643 g/mol. The molecule has 2 aliphatic rings. The van der Waals surface area contributed by atoms with Crippen molar-refractivity contribution in [2.75, 3.05) is 31.1 Å². The molecule has 4 aromatic carbocycles. The third-order valence-electron chi connectivity index (χ3n) is 9.54. The van der Waals surface area contributed by atoms with Crippen LogP contribution in [-0.2, 0) is 13.1 Å². The highest BCUT2D eigenvalue weighted by Gasteiger charge is 2.26. The number of benzene rings is 4. The van der Waals surface area contributed by atoms with Gasteiger partial charge in [-0.3, -0.25) is 14.3 Å². The van der Waals surface area contributed by atoms with Crippen LogP contribution >= 0.6 is 0 Å². The summed E-state index contributed by atoms with van der Waals surface area (Å²) in [6.07, 6.45) is 1.87. The number of hydrogen-bond donors (Lipinski definition) is 3. The van der Waals surface area contributed by atoms with E-state index in [9.17, 15) is 14.7 Å². The number of aromatic amines is 1. The number of aliphatic imine (C=N–C) groups is 1. The number of anilines is 1. The average Bonchev–Trinajstić information content (AvgIpc) is 3.46. The second-order valence-corrected chi connectivity index (χ2v) is 13.7. The summed E-state index contributed by atoms with van der Waals surface area (Å²) in [6.45, 7) is 7.50. The van der Waals surface area contributed by atoms with E-state index in [2.05, 4.69) is 56.5 Å². The molecule has 9 heteroatoms. The molecule has 48 heavy (non-hydrogen) atoms. The number of aliphatic hydroxyl groups excluding tert-OH is 1. The molecule has 1 amide bonds. The van der Waals surface area contributed by atoms with Crippen LogP contribution in [0.2, 0.25) is 0 Å². The number of amides is 1. The molecule has 9 nitrogen and oxygen atoms in total. The number of fused-ring (bicyclic) bond motifs is 2. The number of carbonyl (C=O) groups excluding carboxylic acids is 1. The van der Waals surface area contributed by atoms with Crippen molar-refractivity contribution in [2.24, 2.45) is 10.4 Å². The minimum Gasteiger partial charge on any atom is -0.396 e. The summed E-state index contributed by atoms with van der Waals surface area (Å²) in [5.74, 6) is 0.706. The fourth-order valence-electron chi connectivity index (χ4n) is 6.69. The van der Waals surface area contributed by atoms with Gasteiger partial charge in [-0.15, -0.1) is 0 Å². The van der Waals surface area contributed by atoms with E-state index in [1.807, 2.05) is 79.1 Å². The lowest BCUT2D eigenvalue weighted by atomic mass is 9.95. The Balaban J connectivity index is 1.06. The van der Waals surface area contributed by atoms with Crippen molar-refractivity contribution < 1.29 is 9.90 Å². The van der Waals surface area contributed by atoms with Crippen molar-refractivity contribution in [3.05, 3.63) is 130 Å². The zero-order valence-electron chi connectivity index (χ0n) is 27.5.